The van der Waals surface area contributed by atoms with E-state index in [1.54, 1.807) is 4.90 Å². The largest absolute Gasteiger partial charge is 0.336 e. The highest BCUT2D eigenvalue weighted by atomic mass is 16.2. The molecule has 1 N–H and O–H groups in total. The summed E-state index contributed by atoms with van der Waals surface area (Å²) in [6.45, 7) is 2.33. The molecule has 1 fully saturated rings. The molecule has 1 rings (SSSR count). The maximum atomic E-state index is 10.9. The summed E-state index contributed by atoms with van der Waals surface area (Å²) in [4.78, 5) is 14.7. The van der Waals surface area contributed by atoms with Crippen LogP contribution in [0.2, 0.25) is 0 Å². The van der Waals surface area contributed by atoms with Crippen LogP contribution in [0.5, 0.6) is 0 Å². The number of hydrogen-bond acceptors (Lipinski definition) is 2. The molecule has 2 amide bonds. The van der Waals surface area contributed by atoms with Crippen LogP contribution in [0.3, 0.4) is 0 Å². The fourth-order valence-corrected chi connectivity index (χ4v) is 0.987. The maximum absolute atomic E-state index is 10.9. The molecule has 0 saturated carbocycles. The zero-order valence-corrected chi connectivity index (χ0v) is 6.42. The smallest absolute Gasteiger partial charge is 0.318 e. The van der Waals surface area contributed by atoms with Gasteiger partial charge >= 0.3 is 6.03 Å². The predicted octanol–water partition coefficient (Wildman–Crippen LogP) is -0.469. The highest BCUT2D eigenvalue weighted by molar-refractivity contribution is 5.76. The van der Waals surface area contributed by atoms with Crippen molar-refractivity contribution in [2.24, 2.45) is 0 Å². The molecule has 0 aromatic rings. The molecule has 0 radical (unpaired) electrons. The number of nitrogens with zero attached hydrogens (tertiary/aromatic N) is 2. The van der Waals surface area contributed by atoms with E-state index in [1.165, 1.54) is 0 Å². The fourth-order valence-electron chi connectivity index (χ4n) is 0.987. The van der Waals surface area contributed by atoms with E-state index < -0.39 is 0 Å². The monoisotopic (exact) mass is 143 g/mol. The number of hydrogen-bond donors (Lipinski definition) is 1. The molecule has 0 aliphatic carbocycles. The minimum Gasteiger partial charge on any atom is -0.336 e. The minimum absolute atomic E-state index is 0.0497. The van der Waals surface area contributed by atoms with Gasteiger partial charge in [-0.05, 0) is 14.1 Å². The predicted molar refractivity (Wildman–Crippen MR) is 38.7 cm³/mol. The van der Waals surface area contributed by atoms with Gasteiger partial charge in [0.15, 0.2) is 0 Å². The summed E-state index contributed by atoms with van der Waals surface area (Å²) in [6, 6.07) is 0.0497. The van der Waals surface area contributed by atoms with Crippen LogP contribution in [-0.2, 0) is 0 Å². The number of amides is 2. The molecule has 4 heteroatoms. The van der Waals surface area contributed by atoms with Crippen LogP contribution in [0, 0.1) is 0 Å². The van der Waals surface area contributed by atoms with Crippen molar-refractivity contribution in [1.82, 2.24) is 15.1 Å². The van der Waals surface area contributed by atoms with Crippen molar-refractivity contribution in [2.45, 2.75) is 0 Å². The van der Waals surface area contributed by atoms with Gasteiger partial charge in [0, 0.05) is 13.1 Å². The SMILES string of the molecule is CN(C)CN1CCNC1=O. The van der Waals surface area contributed by atoms with Crippen molar-refractivity contribution in [2.75, 3.05) is 33.9 Å². The molecule has 0 aromatic carbocycles. The Hall–Kier alpha value is -0.770. The molecule has 1 saturated heterocycles. The highest BCUT2D eigenvalue weighted by Crippen LogP contribution is 1.95. The molecule has 1 aliphatic rings. The van der Waals surface area contributed by atoms with Crippen LogP contribution in [0.25, 0.3) is 0 Å². The van der Waals surface area contributed by atoms with E-state index in [0.717, 1.165) is 13.1 Å². The van der Waals surface area contributed by atoms with Crippen LogP contribution in [0.4, 0.5) is 4.79 Å². The molecule has 0 unspecified atom stereocenters. The Morgan fingerprint density at radius 2 is 2.40 bits per heavy atom. The molecule has 58 valence electrons. The Bertz CT molecular complexity index is 135. The van der Waals surface area contributed by atoms with E-state index in [4.69, 9.17) is 0 Å². The van der Waals surface area contributed by atoms with Crippen LogP contribution >= 0.6 is 0 Å². The average Bonchev–Trinajstić information content (AvgIpc) is 2.15. The van der Waals surface area contributed by atoms with E-state index in [2.05, 4.69) is 5.32 Å². The first kappa shape index (κ1) is 7.34. The van der Waals surface area contributed by atoms with E-state index >= 15 is 0 Å². The molecule has 0 aromatic heterocycles. The first-order valence-corrected chi connectivity index (χ1v) is 3.37. The number of carbonyl (C=O) groups excluding carboxylic acids is 1. The standard InChI is InChI=1S/C6H13N3O/c1-8(2)5-9-4-3-7-6(9)10/h3-5H2,1-2H3,(H,7,10). The minimum atomic E-state index is 0.0497. The second-order valence-corrected chi connectivity index (χ2v) is 2.72. The van der Waals surface area contributed by atoms with E-state index in [-0.39, 0.29) is 6.03 Å². The van der Waals surface area contributed by atoms with Crippen LogP contribution < -0.4 is 5.32 Å². The van der Waals surface area contributed by atoms with Gasteiger partial charge in [0.05, 0.1) is 6.67 Å². The Morgan fingerprint density at radius 3 is 2.80 bits per heavy atom. The summed E-state index contributed by atoms with van der Waals surface area (Å²) in [7, 11) is 3.90. The van der Waals surface area contributed by atoms with Gasteiger partial charge in [-0.25, -0.2) is 4.79 Å². The van der Waals surface area contributed by atoms with Gasteiger partial charge in [-0.1, -0.05) is 0 Å². The molecule has 10 heavy (non-hydrogen) atoms. The molecule has 1 aliphatic heterocycles. The molecule has 0 atom stereocenters. The Kier molecular flexibility index (Phi) is 2.11. The van der Waals surface area contributed by atoms with E-state index in [0.29, 0.717) is 6.67 Å². The first-order chi connectivity index (χ1) is 4.70. The Morgan fingerprint density at radius 1 is 1.70 bits per heavy atom. The fraction of sp³-hybridized carbons (Fsp3) is 0.833. The lowest BCUT2D eigenvalue weighted by molar-refractivity contribution is 0.189. The van der Waals surface area contributed by atoms with Gasteiger partial charge < -0.3 is 10.2 Å². The number of carbonyl (C=O) groups is 1. The highest BCUT2D eigenvalue weighted by Gasteiger charge is 2.18. The molecular formula is C6H13N3O. The molecule has 4 nitrogen and oxygen atoms in total. The topological polar surface area (TPSA) is 35.6 Å². The summed E-state index contributed by atoms with van der Waals surface area (Å²) < 4.78 is 0. The summed E-state index contributed by atoms with van der Waals surface area (Å²) in [5, 5.41) is 2.74. The normalized spacial score (nSPS) is 18.3. The third-order valence-electron chi connectivity index (χ3n) is 1.40. The van der Waals surface area contributed by atoms with Gasteiger partial charge in [0.2, 0.25) is 0 Å². The number of nitrogens with one attached hydrogen (secondary N) is 1. The maximum Gasteiger partial charge on any atom is 0.318 e. The Labute approximate surface area is 60.8 Å². The summed E-state index contributed by atoms with van der Waals surface area (Å²) in [6.07, 6.45) is 0. The average molecular weight is 143 g/mol. The lowest BCUT2D eigenvalue weighted by Gasteiger charge is -2.18. The van der Waals surface area contributed by atoms with E-state index in [1.807, 2.05) is 19.0 Å². The summed E-state index contributed by atoms with van der Waals surface area (Å²) in [5.74, 6) is 0. The number of rotatable bonds is 2. The van der Waals surface area contributed by atoms with Crippen LogP contribution in [-0.4, -0.2) is 49.7 Å². The lowest BCUT2D eigenvalue weighted by atomic mass is 10.6. The van der Waals surface area contributed by atoms with Crippen molar-refractivity contribution in [3.63, 3.8) is 0 Å². The van der Waals surface area contributed by atoms with E-state index in [9.17, 15) is 4.79 Å². The van der Waals surface area contributed by atoms with Crippen LogP contribution in [0.1, 0.15) is 0 Å². The van der Waals surface area contributed by atoms with Crippen molar-refractivity contribution in [3.8, 4) is 0 Å². The van der Waals surface area contributed by atoms with Crippen molar-refractivity contribution >= 4 is 6.03 Å². The van der Waals surface area contributed by atoms with Crippen molar-refractivity contribution in [1.29, 1.82) is 0 Å². The zero-order chi connectivity index (χ0) is 7.56. The number of urea groups is 1. The molecule has 0 bridgehead atoms. The lowest BCUT2D eigenvalue weighted by Crippen LogP contribution is -2.35. The van der Waals surface area contributed by atoms with Gasteiger partial charge in [-0.3, -0.25) is 4.90 Å². The van der Waals surface area contributed by atoms with Gasteiger partial charge in [0.1, 0.15) is 0 Å². The molecular weight excluding hydrogens is 130 g/mol. The zero-order valence-electron chi connectivity index (χ0n) is 6.42. The molecule has 0 spiro atoms. The van der Waals surface area contributed by atoms with Gasteiger partial charge in [-0.2, -0.15) is 0 Å². The third-order valence-corrected chi connectivity index (χ3v) is 1.40. The second kappa shape index (κ2) is 2.88. The second-order valence-electron chi connectivity index (χ2n) is 2.72. The van der Waals surface area contributed by atoms with Gasteiger partial charge in [0.25, 0.3) is 0 Å². The van der Waals surface area contributed by atoms with Crippen molar-refractivity contribution < 1.29 is 4.79 Å². The summed E-state index contributed by atoms with van der Waals surface area (Å²) in [5.41, 5.74) is 0. The molecule has 1 heterocycles. The first-order valence-electron chi connectivity index (χ1n) is 3.37. The Balaban J connectivity index is 2.33. The van der Waals surface area contributed by atoms with Crippen LogP contribution in [0.15, 0.2) is 0 Å². The summed E-state index contributed by atoms with van der Waals surface area (Å²) >= 11 is 0. The van der Waals surface area contributed by atoms with Gasteiger partial charge in [-0.15, -0.1) is 0 Å². The quantitative estimate of drug-likeness (QED) is 0.567. The van der Waals surface area contributed by atoms with Crippen molar-refractivity contribution in [3.05, 3.63) is 0 Å². The third kappa shape index (κ3) is 1.60.